The van der Waals surface area contributed by atoms with E-state index in [0.717, 1.165) is 28.9 Å². The molecule has 3 aliphatic heterocycles. The molecule has 2 N–H and O–H groups in total. The van der Waals surface area contributed by atoms with E-state index in [2.05, 4.69) is 19.1 Å². The first kappa shape index (κ1) is 17.1. The lowest BCUT2D eigenvalue weighted by Gasteiger charge is -2.48. The maximum atomic E-state index is 9.22. The number of hydrogen-bond donors (Lipinski definition) is 1. The Kier molecular flexibility index (Phi) is 3.81. The molecule has 4 atom stereocenters. The second kappa shape index (κ2) is 6.25. The summed E-state index contributed by atoms with van der Waals surface area (Å²) >= 11 is 0. The fourth-order valence-corrected chi connectivity index (χ4v) is 4.80. The number of nitrogens with zero attached hydrogens (tertiary/aromatic N) is 2. The first-order valence-electron chi connectivity index (χ1n) is 9.52. The summed E-state index contributed by atoms with van der Waals surface area (Å²) in [6, 6.07) is 16.1. The van der Waals surface area contributed by atoms with Crippen molar-refractivity contribution in [2.24, 2.45) is 16.6 Å². The molecular formula is C22H21N3O3. The van der Waals surface area contributed by atoms with E-state index in [1.165, 1.54) is 0 Å². The molecule has 3 heterocycles. The van der Waals surface area contributed by atoms with Crippen LogP contribution in [0.15, 0.2) is 47.5 Å². The molecule has 1 spiro atoms. The zero-order valence-electron chi connectivity index (χ0n) is 15.6. The minimum atomic E-state index is -0.620. The van der Waals surface area contributed by atoms with Crippen LogP contribution in [0.1, 0.15) is 24.5 Å². The molecule has 2 aromatic rings. The Hall–Kier alpha value is -3.04. The van der Waals surface area contributed by atoms with Crippen molar-refractivity contribution in [3.8, 4) is 22.9 Å². The summed E-state index contributed by atoms with van der Waals surface area (Å²) in [5.74, 6) is 0.841. The fourth-order valence-electron chi connectivity index (χ4n) is 4.80. The highest BCUT2D eigenvalue weighted by Gasteiger charge is 2.57. The van der Waals surface area contributed by atoms with Crippen molar-refractivity contribution in [1.82, 2.24) is 0 Å². The summed E-state index contributed by atoms with van der Waals surface area (Å²) in [5.41, 5.74) is 8.91. The van der Waals surface area contributed by atoms with Crippen LogP contribution in [-0.4, -0.2) is 31.4 Å². The standard InChI is InChI=1S/C22H21N3O3/c1-13-20-19(7-8-26-13)28-18-6-5-16(15-4-2-3-14(9-15)11-23)10-17(18)22(20)12-27-21(24)25-22/h2-6,9-10,13,19-20H,7-8,12H2,1H3,(H2,24,25)/t13-,19?,20-,22-/m0/s1. The summed E-state index contributed by atoms with van der Waals surface area (Å²) in [5, 5.41) is 9.22. The highest BCUT2D eigenvalue weighted by Crippen LogP contribution is 2.52. The molecule has 28 heavy (non-hydrogen) atoms. The van der Waals surface area contributed by atoms with Gasteiger partial charge in [0.05, 0.1) is 30.3 Å². The Labute approximate surface area is 163 Å². The lowest BCUT2D eigenvalue weighted by Crippen LogP contribution is -2.56. The van der Waals surface area contributed by atoms with E-state index >= 15 is 0 Å². The zero-order valence-corrected chi connectivity index (χ0v) is 15.6. The van der Waals surface area contributed by atoms with Crippen LogP contribution in [-0.2, 0) is 15.0 Å². The maximum absolute atomic E-state index is 9.22. The third kappa shape index (κ3) is 2.47. The summed E-state index contributed by atoms with van der Waals surface area (Å²) in [6.07, 6.45) is 0.815. The van der Waals surface area contributed by atoms with E-state index in [1.54, 1.807) is 6.07 Å². The molecule has 1 unspecified atom stereocenters. The first-order valence-corrected chi connectivity index (χ1v) is 9.52. The molecule has 0 aliphatic carbocycles. The van der Waals surface area contributed by atoms with Crippen LogP contribution in [0.3, 0.4) is 0 Å². The Morgan fingerprint density at radius 1 is 1.21 bits per heavy atom. The lowest BCUT2D eigenvalue weighted by molar-refractivity contribution is -0.116. The van der Waals surface area contributed by atoms with Gasteiger partial charge in [-0.15, -0.1) is 0 Å². The van der Waals surface area contributed by atoms with Crippen LogP contribution in [0.4, 0.5) is 0 Å². The molecule has 5 rings (SSSR count). The fraction of sp³-hybridized carbons (Fsp3) is 0.364. The molecule has 6 heteroatoms. The smallest absolute Gasteiger partial charge is 0.283 e. The molecule has 0 bridgehead atoms. The Bertz CT molecular complexity index is 1010. The van der Waals surface area contributed by atoms with Crippen molar-refractivity contribution in [2.45, 2.75) is 31.1 Å². The molecule has 1 fully saturated rings. The lowest BCUT2D eigenvalue weighted by atomic mass is 9.69. The number of benzene rings is 2. The van der Waals surface area contributed by atoms with Gasteiger partial charge in [-0.05, 0) is 42.3 Å². The third-order valence-corrected chi connectivity index (χ3v) is 6.04. The minimum Gasteiger partial charge on any atom is -0.489 e. The number of nitriles is 1. The summed E-state index contributed by atoms with van der Waals surface area (Å²) in [4.78, 5) is 4.78. The molecule has 0 amide bonds. The average Bonchev–Trinajstić information content (AvgIpc) is 3.10. The molecule has 2 aromatic carbocycles. The quantitative estimate of drug-likeness (QED) is 0.828. The molecule has 142 valence electrons. The molecule has 3 aliphatic rings. The van der Waals surface area contributed by atoms with Crippen LogP contribution >= 0.6 is 0 Å². The van der Waals surface area contributed by atoms with Gasteiger partial charge in [0.1, 0.15) is 24.0 Å². The predicted octanol–water partition coefficient (Wildman–Crippen LogP) is 2.95. The number of rotatable bonds is 1. The molecule has 0 saturated carbocycles. The Balaban J connectivity index is 1.68. The van der Waals surface area contributed by atoms with E-state index in [0.29, 0.717) is 18.8 Å². The zero-order chi connectivity index (χ0) is 19.3. The van der Waals surface area contributed by atoms with Crippen LogP contribution < -0.4 is 10.5 Å². The topological polar surface area (TPSA) is 89.9 Å². The largest absolute Gasteiger partial charge is 0.489 e. The van der Waals surface area contributed by atoms with Gasteiger partial charge in [0.2, 0.25) is 0 Å². The van der Waals surface area contributed by atoms with Gasteiger partial charge in [-0.2, -0.15) is 5.26 Å². The van der Waals surface area contributed by atoms with Gasteiger partial charge in [0.15, 0.2) is 0 Å². The van der Waals surface area contributed by atoms with Crippen molar-refractivity contribution in [3.05, 3.63) is 53.6 Å². The van der Waals surface area contributed by atoms with Crippen LogP contribution in [0.5, 0.6) is 5.75 Å². The van der Waals surface area contributed by atoms with Crippen molar-refractivity contribution in [2.75, 3.05) is 13.2 Å². The monoisotopic (exact) mass is 375 g/mol. The third-order valence-electron chi connectivity index (χ3n) is 6.04. The highest BCUT2D eigenvalue weighted by molar-refractivity contribution is 5.75. The highest BCUT2D eigenvalue weighted by atomic mass is 16.5. The summed E-state index contributed by atoms with van der Waals surface area (Å²) in [6.45, 7) is 3.12. The first-order chi connectivity index (χ1) is 13.6. The molecular weight excluding hydrogens is 354 g/mol. The van der Waals surface area contributed by atoms with Crippen molar-refractivity contribution >= 4 is 6.02 Å². The summed E-state index contributed by atoms with van der Waals surface area (Å²) < 4.78 is 18.0. The van der Waals surface area contributed by atoms with E-state index < -0.39 is 5.54 Å². The number of hydrogen-bond acceptors (Lipinski definition) is 6. The average molecular weight is 375 g/mol. The van der Waals surface area contributed by atoms with E-state index in [9.17, 15) is 5.26 Å². The van der Waals surface area contributed by atoms with E-state index in [4.69, 9.17) is 24.9 Å². The van der Waals surface area contributed by atoms with Gasteiger partial charge in [0.25, 0.3) is 6.02 Å². The van der Waals surface area contributed by atoms with Crippen molar-refractivity contribution in [3.63, 3.8) is 0 Å². The van der Waals surface area contributed by atoms with Gasteiger partial charge >= 0.3 is 0 Å². The second-order valence-corrected chi connectivity index (χ2v) is 7.61. The summed E-state index contributed by atoms with van der Waals surface area (Å²) in [7, 11) is 0. The number of fused-ring (bicyclic) bond motifs is 4. The molecule has 1 saturated heterocycles. The van der Waals surface area contributed by atoms with Gasteiger partial charge in [0, 0.05) is 12.0 Å². The second-order valence-electron chi connectivity index (χ2n) is 7.61. The van der Waals surface area contributed by atoms with Crippen LogP contribution in [0, 0.1) is 17.2 Å². The SMILES string of the molecule is C[C@@H]1OCCC2Oc3ccc(-c4cccc(C#N)c4)cc3[C@@]3(COC(N)=N3)[C@H]21. The normalized spacial score (nSPS) is 30.4. The Morgan fingerprint density at radius 2 is 2.07 bits per heavy atom. The Morgan fingerprint density at radius 3 is 2.86 bits per heavy atom. The van der Waals surface area contributed by atoms with Gasteiger partial charge < -0.3 is 19.9 Å². The minimum absolute atomic E-state index is 0.0160. The van der Waals surface area contributed by atoms with Crippen LogP contribution in [0.25, 0.3) is 11.1 Å². The number of amidine groups is 1. The molecule has 6 nitrogen and oxygen atoms in total. The van der Waals surface area contributed by atoms with Crippen molar-refractivity contribution in [1.29, 1.82) is 5.26 Å². The van der Waals surface area contributed by atoms with E-state index in [-0.39, 0.29) is 24.1 Å². The molecule has 0 aromatic heterocycles. The van der Waals surface area contributed by atoms with E-state index in [1.807, 2.05) is 30.3 Å². The van der Waals surface area contributed by atoms with Crippen LogP contribution in [0.2, 0.25) is 0 Å². The van der Waals surface area contributed by atoms with Crippen molar-refractivity contribution < 1.29 is 14.2 Å². The molecule has 0 radical (unpaired) electrons. The number of aliphatic imine (C=N–C) groups is 1. The van der Waals surface area contributed by atoms with Gasteiger partial charge in [-0.25, -0.2) is 4.99 Å². The van der Waals surface area contributed by atoms with Gasteiger partial charge in [-0.3, -0.25) is 0 Å². The van der Waals surface area contributed by atoms with Gasteiger partial charge in [-0.1, -0.05) is 18.2 Å². The number of nitrogens with two attached hydrogens (primary N) is 1. The predicted molar refractivity (Wildman–Crippen MR) is 104 cm³/mol. The maximum Gasteiger partial charge on any atom is 0.283 e. The number of ether oxygens (including phenoxy) is 3.